The highest BCUT2D eigenvalue weighted by molar-refractivity contribution is 5.79. The maximum atomic E-state index is 5.59. The summed E-state index contributed by atoms with van der Waals surface area (Å²) in [6.07, 6.45) is 6.03. The zero-order valence-corrected chi connectivity index (χ0v) is 17.8. The number of ether oxygens (including phenoxy) is 2. The molecule has 0 saturated heterocycles. The van der Waals surface area contributed by atoms with Crippen LogP contribution in [0.1, 0.15) is 37.8 Å². The molecule has 1 aromatic heterocycles. The fraction of sp³-hybridized carbons (Fsp3) is 0.545. The first kappa shape index (κ1) is 22.9. The minimum absolute atomic E-state index is 0.619. The Morgan fingerprint density at radius 1 is 1.03 bits per heavy atom. The molecule has 160 valence electrons. The predicted octanol–water partition coefficient (Wildman–Crippen LogP) is 2.82. The summed E-state index contributed by atoms with van der Waals surface area (Å²) >= 11 is 0. The van der Waals surface area contributed by atoms with E-state index in [-0.39, 0.29) is 0 Å². The first-order valence-corrected chi connectivity index (χ1v) is 10.5. The van der Waals surface area contributed by atoms with Gasteiger partial charge in [0.25, 0.3) is 0 Å². The topological polar surface area (TPSA) is 72.7 Å². The highest BCUT2D eigenvalue weighted by Crippen LogP contribution is 2.08. The van der Waals surface area contributed by atoms with Crippen molar-refractivity contribution in [1.82, 2.24) is 20.4 Å². The molecule has 0 unspecified atom stereocenters. The lowest BCUT2D eigenvalue weighted by atomic mass is 10.1. The van der Waals surface area contributed by atoms with Crippen molar-refractivity contribution in [3.63, 3.8) is 0 Å². The van der Waals surface area contributed by atoms with Gasteiger partial charge >= 0.3 is 0 Å². The Balaban J connectivity index is 1.71. The van der Waals surface area contributed by atoms with Crippen molar-refractivity contribution in [1.29, 1.82) is 0 Å². The smallest absolute Gasteiger partial charge is 0.191 e. The van der Waals surface area contributed by atoms with E-state index in [9.17, 15) is 0 Å². The van der Waals surface area contributed by atoms with Crippen LogP contribution in [-0.2, 0) is 22.6 Å². The fourth-order valence-corrected chi connectivity index (χ4v) is 2.73. The Kier molecular flexibility index (Phi) is 11.5. The van der Waals surface area contributed by atoms with Gasteiger partial charge < -0.3 is 20.1 Å². The molecule has 1 aromatic carbocycles. The van der Waals surface area contributed by atoms with Crippen molar-refractivity contribution >= 4 is 5.96 Å². The van der Waals surface area contributed by atoms with Crippen molar-refractivity contribution in [2.45, 2.75) is 39.8 Å². The zero-order valence-electron chi connectivity index (χ0n) is 17.8. The third kappa shape index (κ3) is 10.1. The lowest BCUT2D eigenvalue weighted by Crippen LogP contribution is -2.39. The van der Waals surface area contributed by atoms with Gasteiger partial charge in [-0.2, -0.15) is 5.10 Å². The molecule has 7 heteroatoms. The van der Waals surface area contributed by atoms with Crippen LogP contribution in [0.2, 0.25) is 0 Å². The van der Waals surface area contributed by atoms with Crippen LogP contribution < -0.4 is 10.6 Å². The second-order valence-corrected chi connectivity index (χ2v) is 6.72. The number of hydrogen-bond donors (Lipinski definition) is 2. The molecule has 29 heavy (non-hydrogen) atoms. The molecule has 0 atom stereocenters. The van der Waals surface area contributed by atoms with E-state index in [2.05, 4.69) is 58.8 Å². The van der Waals surface area contributed by atoms with Crippen LogP contribution >= 0.6 is 0 Å². The van der Waals surface area contributed by atoms with Gasteiger partial charge in [-0.05, 0) is 30.5 Å². The maximum Gasteiger partial charge on any atom is 0.191 e. The standard InChI is InChI=1S/C22H35N5O2/c1-3-5-13-28-15-16-29-14-11-24-22(23-4-2)25-18-20-8-6-9-21(17-20)19-27-12-7-10-26-27/h6-10,12,17H,3-5,11,13-16,18-19H2,1-2H3,(H2,23,24,25). The van der Waals surface area contributed by atoms with Crippen molar-refractivity contribution in [3.05, 3.63) is 53.9 Å². The molecule has 0 spiro atoms. The minimum Gasteiger partial charge on any atom is -0.379 e. The first-order chi connectivity index (χ1) is 14.3. The van der Waals surface area contributed by atoms with Crippen molar-refractivity contribution in [3.8, 4) is 0 Å². The fourth-order valence-electron chi connectivity index (χ4n) is 2.73. The molecule has 0 radical (unpaired) electrons. The number of rotatable bonds is 14. The van der Waals surface area contributed by atoms with Crippen LogP contribution in [0.25, 0.3) is 0 Å². The lowest BCUT2D eigenvalue weighted by Gasteiger charge is -2.12. The maximum absolute atomic E-state index is 5.59. The summed E-state index contributed by atoms with van der Waals surface area (Å²) in [5, 5.41) is 10.8. The van der Waals surface area contributed by atoms with Crippen molar-refractivity contribution < 1.29 is 9.47 Å². The molecule has 0 aliphatic carbocycles. The average molecular weight is 402 g/mol. The van der Waals surface area contributed by atoms with Crippen LogP contribution in [0.15, 0.2) is 47.7 Å². The second-order valence-electron chi connectivity index (χ2n) is 6.72. The Morgan fingerprint density at radius 2 is 1.86 bits per heavy atom. The molecule has 2 aromatic rings. The monoisotopic (exact) mass is 401 g/mol. The number of nitrogens with one attached hydrogen (secondary N) is 2. The number of nitrogens with zero attached hydrogens (tertiary/aromatic N) is 3. The van der Waals surface area contributed by atoms with E-state index in [0.29, 0.717) is 32.9 Å². The lowest BCUT2D eigenvalue weighted by molar-refractivity contribution is 0.0487. The summed E-state index contributed by atoms with van der Waals surface area (Å²) in [4.78, 5) is 4.68. The molecular formula is C22H35N5O2. The van der Waals surface area contributed by atoms with Crippen molar-refractivity contribution in [2.24, 2.45) is 4.99 Å². The van der Waals surface area contributed by atoms with E-state index in [1.54, 1.807) is 6.20 Å². The van der Waals surface area contributed by atoms with E-state index in [1.807, 2.05) is 16.9 Å². The third-order valence-electron chi connectivity index (χ3n) is 4.21. The molecular weight excluding hydrogens is 366 g/mol. The summed E-state index contributed by atoms with van der Waals surface area (Å²) < 4.78 is 13.0. The number of benzene rings is 1. The number of aromatic nitrogens is 2. The summed E-state index contributed by atoms with van der Waals surface area (Å²) in [6, 6.07) is 10.4. The van der Waals surface area contributed by atoms with Crippen LogP contribution in [0, 0.1) is 0 Å². The summed E-state index contributed by atoms with van der Waals surface area (Å²) in [5.41, 5.74) is 2.39. The largest absolute Gasteiger partial charge is 0.379 e. The van der Waals surface area contributed by atoms with Crippen LogP contribution in [0.4, 0.5) is 0 Å². The van der Waals surface area contributed by atoms with Gasteiger partial charge in [0.1, 0.15) is 0 Å². The molecule has 0 aliphatic heterocycles. The van der Waals surface area contributed by atoms with Gasteiger partial charge in [-0.15, -0.1) is 0 Å². The first-order valence-electron chi connectivity index (χ1n) is 10.5. The van der Waals surface area contributed by atoms with Gasteiger partial charge in [0.2, 0.25) is 0 Å². The second kappa shape index (κ2) is 14.6. The normalized spacial score (nSPS) is 11.6. The molecule has 2 rings (SSSR count). The van der Waals surface area contributed by atoms with E-state index in [4.69, 9.17) is 9.47 Å². The number of aliphatic imine (C=N–C) groups is 1. The molecule has 2 N–H and O–H groups in total. The highest BCUT2D eigenvalue weighted by atomic mass is 16.5. The Labute approximate surface area is 174 Å². The van der Waals surface area contributed by atoms with Crippen LogP contribution in [0.5, 0.6) is 0 Å². The molecule has 7 nitrogen and oxygen atoms in total. The molecule has 0 saturated carbocycles. The third-order valence-corrected chi connectivity index (χ3v) is 4.21. The molecule has 0 aliphatic rings. The number of guanidine groups is 1. The van der Waals surface area contributed by atoms with Gasteiger partial charge in [-0.3, -0.25) is 4.68 Å². The highest BCUT2D eigenvalue weighted by Gasteiger charge is 2.00. The Hall–Kier alpha value is -2.38. The summed E-state index contributed by atoms with van der Waals surface area (Å²) in [6.45, 7) is 9.86. The SMILES string of the molecule is CCCCOCCOCCNC(=NCc1cccc(Cn2cccn2)c1)NCC. The van der Waals surface area contributed by atoms with E-state index >= 15 is 0 Å². The van der Waals surface area contributed by atoms with Crippen molar-refractivity contribution in [2.75, 3.05) is 39.5 Å². The van der Waals surface area contributed by atoms with E-state index < -0.39 is 0 Å². The summed E-state index contributed by atoms with van der Waals surface area (Å²) in [5.74, 6) is 0.799. The van der Waals surface area contributed by atoms with E-state index in [1.165, 1.54) is 11.1 Å². The Morgan fingerprint density at radius 3 is 2.62 bits per heavy atom. The van der Waals surface area contributed by atoms with Gasteiger partial charge in [-0.25, -0.2) is 4.99 Å². The van der Waals surface area contributed by atoms with Gasteiger partial charge in [0, 0.05) is 32.1 Å². The van der Waals surface area contributed by atoms with Crippen LogP contribution in [-0.4, -0.2) is 55.3 Å². The molecule has 1 heterocycles. The predicted molar refractivity (Wildman–Crippen MR) is 117 cm³/mol. The zero-order chi connectivity index (χ0) is 20.6. The van der Waals surface area contributed by atoms with Crippen LogP contribution in [0.3, 0.4) is 0 Å². The number of unbranched alkanes of at least 4 members (excludes halogenated alkanes) is 1. The minimum atomic E-state index is 0.619. The quantitative estimate of drug-likeness (QED) is 0.289. The van der Waals surface area contributed by atoms with Gasteiger partial charge in [0.15, 0.2) is 5.96 Å². The molecule has 0 amide bonds. The molecule has 0 fully saturated rings. The van der Waals surface area contributed by atoms with Gasteiger partial charge in [-0.1, -0.05) is 37.6 Å². The van der Waals surface area contributed by atoms with E-state index in [0.717, 1.165) is 38.5 Å². The number of hydrogen-bond acceptors (Lipinski definition) is 4. The Bertz CT molecular complexity index is 688. The molecule has 0 bridgehead atoms. The van der Waals surface area contributed by atoms with Gasteiger partial charge in [0.05, 0.1) is 32.9 Å². The average Bonchev–Trinajstić information content (AvgIpc) is 3.24. The summed E-state index contributed by atoms with van der Waals surface area (Å²) in [7, 11) is 0.